The van der Waals surface area contributed by atoms with E-state index in [1.165, 1.54) is 12.1 Å². The molecule has 136 valence electrons. The largest absolute Gasteiger partial charge is 0.348 e. The molecule has 1 aliphatic heterocycles. The van der Waals surface area contributed by atoms with E-state index in [0.29, 0.717) is 6.54 Å². The Hall–Kier alpha value is -3.00. The van der Waals surface area contributed by atoms with Crippen molar-refractivity contribution in [3.8, 4) is 0 Å². The second kappa shape index (κ2) is 8.39. The molecule has 1 fully saturated rings. The van der Waals surface area contributed by atoms with E-state index in [1.807, 2.05) is 30.3 Å². The molecule has 8 heteroatoms. The maximum absolute atomic E-state index is 12.1. The standard InChI is InChI=1S/C18H21N5O3/c24-16-7-6-15(21-22-16)18(26)20-14-8-10-23(11-9-14)12-17(25)19-13-4-2-1-3-5-13/h1-7,14H,8-12H2,(H,19,25)(H,20,26)(H,22,24). The molecule has 2 amide bonds. The smallest absolute Gasteiger partial charge is 0.271 e. The van der Waals surface area contributed by atoms with Crippen LogP contribution in [0.5, 0.6) is 0 Å². The van der Waals surface area contributed by atoms with Crippen LogP contribution in [0.25, 0.3) is 0 Å². The number of nitrogens with one attached hydrogen (secondary N) is 3. The fraction of sp³-hybridized carbons (Fsp3) is 0.333. The van der Waals surface area contributed by atoms with Crippen LogP contribution in [0.15, 0.2) is 47.3 Å². The number of carbonyl (C=O) groups excluding carboxylic acids is 2. The van der Waals surface area contributed by atoms with Gasteiger partial charge in [-0.15, -0.1) is 0 Å². The molecule has 1 aliphatic rings. The molecule has 8 nitrogen and oxygen atoms in total. The molecule has 3 N–H and O–H groups in total. The molecule has 0 spiro atoms. The van der Waals surface area contributed by atoms with Crippen molar-refractivity contribution in [3.05, 3.63) is 58.5 Å². The van der Waals surface area contributed by atoms with Gasteiger partial charge in [-0.3, -0.25) is 19.3 Å². The quantitative estimate of drug-likeness (QED) is 0.728. The van der Waals surface area contributed by atoms with Gasteiger partial charge in [0.1, 0.15) is 5.69 Å². The summed E-state index contributed by atoms with van der Waals surface area (Å²) < 4.78 is 0. The normalized spacial score (nSPS) is 15.4. The monoisotopic (exact) mass is 355 g/mol. The number of hydrogen-bond donors (Lipinski definition) is 3. The number of rotatable bonds is 5. The fourth-order valence-electron chi connectivity index (χ4n) is 2.89. The lowest BCUT2D eigenvalue weighted by Crippen LogP contribution is -2.46. The minimum Gasteiger partial charge on any atom is -0.348 e. The number of nitrogens with zero attached hydrogens (tertiary/aromatic N) is 2. The van der Waals surface area contributed by atoms with Gasteiger partial charge in [0.15, 0.2) is 0 Å². The van der Waals surface area contributed by atoms with Crippen LogP contribution in [0, 0.1) is 0 Å². The first-order chi connectivity index (χ1) is 12.6. The van der Waals surface area contributed by atoms with Gasteiger partial charge in [-0.1, -0.05) is 18.2 Å². The Morgan fingerprint density at radius 3 is 2.50 bits per heavy atom. The zero-order valence-corrected chi connectivity index (χ0v) is 14.3. The molecule has 1 saturated heterocycles. The molecule has 0 aliphatic carbocycles. The lowest BCUT2D eigenvalue weighted by Gasteiger charge is -2.31. The van der Waals surface area contributed by atoms with Crippen molar-refractivity contribution in [2.45, 2.75) is 18.9 Å². The number of aromatic amines is 1. The highest BCUT2D eigenvalue weighted by molar-refractivity contribution is 5.92. The maximum atomic E-state index is 12.1. The van der Waals surface area contributed by atoms with Crippen molar-refractivity contribution in [1.82, 2.24) is 20.4 Å². The Balaban J connectivity index is 1.42. The number of hydrogen-bond acceptors (Lipinski definition) is 5. The SMILES string of the molecule is O=C(CN1CCC(NC(=O)c2ccc(=O)[nH]n2)CC1)Nc1ccccc1. The van der Waals surface area contributed by atoms with Gasteiger partial charge in [-0.05, 0) is 31.0 Å². The van der Waals surface area contributed by atoms with Gasteiger partial charge in [0, 0.05) is 30.9 Å². The van der Waals surface area contributed by atoms with Crippen molar-refractivity contribution < 1.29 is 9.59 Å². The zero-order chi connectivity index (χ0) is 18.4. The van der Waals surface area contributed by atoms with Crippen LogP contribution < -0.4 is 16.2 Å². The number of para-hydroxylation sites is 1. The number of anilines is 1. The number of aromatic nitrogens is 2. The molecule has 2 aromatic rings. The summed E-state index contributed by atoms with van der Waals surface area (Å²) in [5.74, 6) is -0.349. The average Bonchev–Trinajstić information content (AvgIpc) is 2.64. The Kier molecular flexibility index (Phi) is 5.75. The van der Waals surface area contributed by atoms with Crippen LogP contribution in [0.1, 0.15) is 23.3 Å². The van der Waals surface area contributed by atoms with Crippen LogP contribution in [0.4, 0.5) is 5.69 Å². The number of carbonyl (C=O) groups is 2. The van der Waals surface area contributed by atoms with Crippen molar-refractivity contribution in [3.63, 3.8) is 0 Å². The lowest BCUT2D eigenvalue weighted by atomic mass is 10.0. The molecule has 1 aromatic carbocycles. The summed E-state index contributed by atoms with van der Waals surface area (Å²) in [6.45, 7) is 1.79. The van der Waals surface area contributed by atoms with Crippen LogP contribution >= 0.6 is 0 Å². The number of benzene rings is 1. The highest BCUT2D eigenvalue weighted by atomic mass is 16.2. The Bertz CT molecular complexity index is 793. The molecular weight excluding hydrogens is 334 g/mol. The van der Waals surface area contributed by atoms with Gasteiger partial charge in [0.05, 0.1) is 6.54 Å². The third kappa shape index (κ3) is 5.00. The molecule has 3 rings (SSSR count). The number of amides is 2. The molecule has 0 bridgehead atoms. The third-order valence-electron chi connectivity index (χ3n) is 4.26. The van der Waals surface area contributed by atoms with Crippen molar-refractivity contribution in [1.29, 1.82) is 0 Å². The minimum atomic E-state index is -0.344. The van der Waals surface area contributed by atoms with Crippen LogP contribution in [-0.4, -0.2) is 52.6 Å². The molecular formula is C18H21N5O3. The topological polar surface area (TPSA) is 107 Å². The van der Waals surface area contributed by atoms with E-state index in [-0.39, 0.29) is 29.1 Å². The summed E-state index contributed by atoms with van der Waals surface area (Å²) >= 11 is 0. The predicted molar refractivity (Wildman–Crippen MR) is 96.9 cm³/mol. The van der Waals surface area contributed by atoms with Crippen LogP contribution in [0.3, 0.4) is 0 Å². The number of H-pyrrole nitrogens is 1. The fourth-order valence-corrected chi connectivity index (χ4v) is 2.89. The van der Waals surface area contributed by atoms with E-state index < -0.39 is 0 Å². The van der Waals surface area contributed by atoms with Crippen molar-refractivity contribution >= 4 is 17.5 Å². The second-order valence-corrected chi connectivity index (χ2v) is 6.24. The van der Waals surface area contributed by atoms with E-state index in [4.69, 9.17) is 0 Å². The van der Waals surface area contributed by atoms with Crippen molar-refractivity contribution in [2.75, 3.05) is 25.0 Å². The number of piperidine rings is 1. The molecule has 0 unspecified atom stereocenters. The van der Waals surface area contributed by atoms with Crippen LogP contribution in [-0.2, 0) is 4.79 Å². The summed E-state index contributed by atoms with van der Waals surface area (Å²) in [6.07, 6.45) is 1.52. The summed E-state index contributed by atoms with van der Waals surface area (Å²) in [7, 11) is 0. The molecule has 26 heavy (non-hydrogen) atoms. The average molecular weight is 355 g/mol. The Morgan fingerprint density at radius 2 is 1.85 bits per heavy atom. The van der Waals surface area contributed by atoms with Crippen molar-refractivity contribution in [2.24, 2.45) is 0 Å². The predicted octanol–water partition coefficient (Wildman–Crippen LogP) is 0.603. The van der Waals surface area contributed by atoms with Gasteiger partial charge >= 0.3 is 0 Å². The summed E-state index contributed by atoms with van der Waals surface area (Å²) in [6, 6.07) is 12.1. The lowest BCUT2D eigenvalue weighted by molar-refractivity contribution is -0.117. The molecule has 0 radical (unpaired) electrons. The summed E-state index contributed by atoms with van der Waals surface area (Å²) in [5, 5.41) is 11.8. The zero-order valence-electron chi connectivity index (χ0n) is 14.3. The first-order valence-electron chi connectivity index (χ1n) is 8.54. The number of likely N-dealkylation sites (tertiary alicyclic amines) is 1. The summed E-state index contributed by atoms with van der Waals surface area (Å²) in [5.41, 5.74) is 0.631. The highest BCUT2D eigenvalue weighted by Gasteiger charge is 2.23. The molecule has 0 saturated carbocycles. The Morgan fingerprint density at radius 1 is 1.12 bits per heavy atom. The summed E-state index contributed by atoms with van der Waals surface area (Å²) in [4.78, 5) is 37.3. The first kappa shape index (κ1) is 17.8. The molecule has 0 atom stereocenters. The molecule has 2 heterocycles. The van der Waals surface area contributed by atoms with E-state index in [9.17, 15) is 14.4 Å². The third-order valence-corrected chi connectivity index (χ3v) is 4.26. The van der Waals surface area contributed by atoms with Gasteiger partial charge in [0.25, 0.3) is 11.5 Å². The first-order valence-corrected chi connectivity index (χ1v) is 8.54. The minimum absolute atomic E-state index is 0.0321. The van der Waals surface area contributed by atoms with E-state index in [2.05, 4.69) is 25.7 Å². The highest BCUT2D eigenvalue weighted by Crippen LogP contribution is 2.11. The Labute approximate surface area is 150 Å². The van der Waals surface area contributed by atoms with Crippen LogP contribution in [0.2, 0.25) is 0 Å². The van der Waals surface area contributed by atoms with Gasteiger partial charge in [0.2, 0.25) is 5.91 Å². The van der Waals surface area contributed by atoms with Gasteiger partial charge in [-0.25, -0.2) is 5.10 Å². The van der Waals surface area contributed by atoms with Gasteiger partial charge in [-0.2, -0.15) is 5.10 Å². The van der Waals surface area contributed by atoms with E-state index in [0.717, 1.165) is 31.6 Å². The molecule has 1 aromatic heterocycles. The second-order valence-electron chi connectivity index (χ2n) is 6.24. The van der Waals surface area contributed by atoms with Gasteiger partial charge < -0.3 is 10.6 Å². The van der Waals surface area contributed by atoms with E-state index >= 15 is 0 Å². The van der Waals surface area contributed by atoms with E-state index in [1.54, 1.807) is 0 Å². The maximum Gasteiger partial charge on any atom is 0.271 e.